The molecule has 6 heteroatoms. The second kappa shape index (κ2) is 6.05. The van der Waals surface area contributed by atoms with Gasteiger partial charge < -0.3 is 5.32 Å². The van der Waals surface area contributed by atoms with Crippen molar-refractivity contribution in [2.24, 2.45) is 7.05 Å². The molecule has 5 nitrogen and oxygen atoms in total. The summed E-state index contributed by atoms with van der Waals surface area (Å²) in [5, 5.41) is 9.86. The average molecular weight is 303 g/mol. The van der Waals surface area contributed by atoms with Gasteiger partial charge in [0, 0.05) is 25.6 Å². The Morgan fingerprint density at radius 2 is 2.14 bits per heavy atom. The molecule has 0 aliphatic heterocycles. The van der Waals surface area contributed by atoms with Crippen LogP contribution in [0.1, 0.15) is 43.6 Å². The van der Waals surface area contributed by atoms with Gasteiger partial charge in [0.05, 0.1) is 5.69 Å². The van der Waals surface area contributed by atoms with Crippen LogP contribution in [0.5, 0.6) is 0 Å². The maximum Gasteiger partial charge on any atom is 0.135 e. The Labute approximate surface area is 129 Å². The van der Waals surface area contributed by atoms with Gasteiger partial charge in [-0.2, -0.15) is 5.10 Å². The van der Waals surface area contributed by atoms with E-state index in [9.17, 15) is 0 Å². The highest BCUT2D eigenvalue weighted by Gasteiger charge is 2.27. The van der Waals surface area contributed by atoms with E-state index in [-0.39, 0.29) is 0 Å². The monoisotopic (exact) mass is 303 g/mol. The van der Waals surface area contributed by atoms with Crippen LogP contribution in [0.15, 0.2) is 22.2 Å². The van der Waals surface area contributed by atoms with Crippen LogP contribution in [-0.4, -0.2) is 26.3 Å². The van der Waals surface area contributed by atoms with Crippen LogP contribution < -0.4 is 5.32 Å². The maximum absolute atomic E-state index is 4.72. The molecule has 0 amide bonds. The fourth-order valence-corrected chi connectivity index (χ4v) is 3.08. The van der Waals surface area contributed by atoms with E-state index in [0.717, 1.165) is 40.4 Å². The van der Waals surface area contributed by atoms with Crippen LogP contribution >= 0.6 is 11.8 Å². The van der Waals surface area contributed by atoms with E-state index in [0.29, 0.717) is 5.92 Å². The van der Waals surface area contributed by atoms with Gasteiger partial charge in [-0.1, -0.05) is 18.7 Å². The minimum absolute atomic E-state index is 0.556. The highest BCUT2D eigenvalue weighted by molar-refractivity contribution is 7.99. The Morgan fingerprint density at radius 3 is 2.76 bits per heavy atom. The Hall–Kier alpha value is -1.56. The summed E-state index contributed by atoms with van der Waals surface area (Å²) in [4.78, 5) is 9.36. The first kappa shape index (κ1) is 14.4. The Morgan fingerprint density at radius 1 is 1.33 bits per heavy atom. The molecule has 0 unspecified atom stereocenters. The van der Waals surface area contributed by atoms with Gasteiger partial charge in [-0.25, -0.2) is 9.97 Å². The predicted octanol–water partition coefficient (Wildman–Crippen LogP) is 3.37. The molecule has 0 spiro atoms. The van der Waals surface area contributed by atoms with Crippen molar-refractivity contribution in [1.82, 2.24) is 19.7 Å². The minimum atomic E-state index is 0.556. The average Bonchev–Trinajstić information content (AvgIpc) is 3.24. The molecule has 1 N–H and O–H groups in total. The molecule has 1 aliphatic carbocycles. The molecule has 0 saturated heterocycles. The quantitative estimate of drug-likeness (QED) is 0.829. The van der Waals surface area contributed by atoms with E-state index >= 15 is 0 Å². The molecule has 2 aromatic heterocycles. The summed E-state index contributed by atoms with van der Waals surface area (Å²) in [5.41, 5.74) is 1.03. The Balaban J connectivity index is 1.85. The first-order chi connectivity index (χ1) is 10.2. The van der Waals surface area contributed by atoms with Crippen LogP contribution in [0.25, 0.3) is 0 Å². The molecule has 21 heavy (non-hydrogen) atoms. The zero-order valence-corrected chi connectivity index (χ0v) is 13.6. The van der Waals surface area contributed by atoms with E-state index in [1.54, 1.807) is 11.8 Å². The summed E-state index contributed by atoms with van der Waals surface area (Å²) in [7, 11) is 1.97. The highest BCUT2D eigenvalue weighted by Crippen LogP contribution is 2.39. The fourth-order valence-electron chi connectivity index (χ4n) is 2.15. The molecule has 112 valence electrons. The number of aryl methyl sites for hydroxylation is 2. The normalized spacial score (nSPS) is 14.4. The first-order valence-corrected chi connectivity index (χ1v) is 8.28. The van der Waals surface area contributed by atoms with Gasteiger partial charge in [0.2, 0.25) is 0 Å². The number of nitrogens with zero attached hydrogens (tertiary/aromatic N) is 4. The van der Waals surface area contributed by atoms with Crippen molar-refractivity contribution in [1.29, 1.82) is 0 Å². The fraction of sp³-hybridized carbons (Fsp3) is 0.533. The second-order valence-electron chi connectivity index (χ2n) is 5.50. The Bertz CT molecular complexity index is 633. The van der Waals surface area contributed by atoms with Gasteiger partial charge in [-0.05, 0) is 32.3 Å². The van der Waals surface area contributed by atoms with Gasteiger partial charge >= 0.3 is 0 Å². The van der Waals surface area contributed by atoms with Crippen molar-refractivity contribution < 1.29 is 0 Å². The van der Waals surface area contributed by atoms with Gasteiger partial charge in [-0.15, -0.1) is 0 Å². The maximum atomic E-state index is 4.72. The molecular weight excluding hydrogens is 282 g/mol. The van der Waals surface area contributed by atoms with Crippen LogP contribution in [0, 0.1) is 6.92 Å². The molecule has 0 aromatic carbocycles. The molecule has 1 saturated carbocycles. The summed E-state index contributed by atoms with van der Waals surface area (Å²) in [6, 6.07) is 4.12. The van der Waals surface area contributed by atoms with Gasteiger partial charge in [0.15, 0.2) is 0 Å². The van der Waals surface area contributed by atoms with Gasteiger partial charge in [0.1, 0.15) is 21.7 Å². The van der Waals surface area contributed by atoms with E-state index in [1.807, 2.05) is 24.7 Å². The third-order valence-electron chi connectivity index (χ3n) is 3.39. The number of nitrogens with one attached hydrogen (secondary N) is 1. The van der Waals surface area contributed by atoms with Gasteiger partial charge in [0.25, 0.3) is 0 Å². The van der Waals surface area contributed by atoms with Crippen LogP contribution in [0.4, 0.5) is 5.82 Å². The molecule has 1 aliphatic rings. The lowest BCUT2D eigenvalue weighted by molar-refractivity contribution is 0.691. The minimum Gasteiger partial charge on any atom is -0.370 e. The van der Waals surface area contributed by atoms with E-state index in [4.69, 9.17) is 4.98 Å². The van der Waals surface area contributed by atoms with Crippen molar-refractivity contribution in [3.05, 3.63) is 23.7 Å². The van der Waals surface area contributed by atoms with E-state index in [1.165, 1.54) is 12.8 Å². The molecule has 0 radical (unpaired) electrons. The highest BCUT2D eigenvalue weighted by atomic mass is 32.2. The van der Waals surface area contributed by atoms with Crippen molar-refractivity contribution in [3.63, 3.8) is 0 Å². The number of hydrogen-bond donors (Lipinski definition) is 1. The molecule has 0 bridgehead atoms. The van der Waals surface area contributed by atoms with Crippen LogP contribution in [-0.2, 0) is 7.05 Å². The first-order valence-electron chi connectivity index (χ1n) is 7.47. The summed E-state index contributed by atoms with van der Waals surface area (Å²) in [6.07, 6.45) is 3.52. The number of rotatable bonds is 6. The van der Waals surface area contributed by atoms with Crippen molar-refractivity contribution in [2.75, 3.05) is 11.9 Å². The summed E-state index contributed by atoms with van der Waals surface area (Å²) in [6.45, 7) is 5.11. The summed E-state index contributed by atoms with van der Waals surface area (Å²) < 4.78 is 1.90. The SMILES string of the molecule is CCCNc1cc(Sc2cc(C)nn2C)nc(C2CC2)n1. The molecule has 1 fully saturated rings. The lowest BCUT2D eigenvalue weighted by atomic mass is 10.4. The van der Waals surface area contributed by atoms with E-state index < -0.39 is 0 Å². The zero-order valence-electron chi connectivity index (χ0n) is 12.8. The number of aromatic nitrogens is 4. The largest absolute Gasteiger partial charge is 0.370 e. The molecule has 2 aromatic rings. The molecular formula is C15H21N5S. The van der Waals surface area contributed by atoms with Crippen molar-refractivity contribution >= 4 is 17.6 Å². The summed E-state index contributed by atoms with van der Waals surface area (Å²) in [5.74, 6) is 2.48. The van der Waals surface area contributed by atoms with Crippen LogP contribution in [0.3, 0.4) is 0 Å². The summed E-state index contributed by atoms with van der Waals surface area (Å²) >= 11 is 1.65. The van der Waals surface area contributed by atoms with E-state index in [2.05, 4.69) is 28.4 Å². The lowest BCUT2D eigenvalue weighted by Crippen LogP contribution is -2.05. The zero-order chi connectivity index (χ0) is 14.8. The third-order valence-corrected chi connectivity index (χ3v) is 4.40. The smallest absolute Gasteiger partial charge is 0.135 e. The number of anilines is 1. The molecule has 3 rings (SSSR count). The Kier molecular flexibility index (Phi) is 4.14. The third kappa shape index (κ3) is 3.56. The molecule has 0 atom stereocenters. The second-order valence-corrected chi connectivity index (χ2v) is 6.54. The molecule has 2 heterocycles. The predicted molar refractivity (Wildman–Crippen MR) is 84.9 cm³/mol. The lowest BCUT2D eigenvalue weighted by Gasteiger charge is -2.09. The standard InChI is InChI=1S/C15H21N5S/c1-4-7-16-12-9-13(18-15(17-12)11-5-6-11)21-14-8-10(2)19-20(14)3/h8-9,11H,4-7H2,1-3H3,(H,16,17,18). The topological polar surface area (TPSA) is 55.6 Å². The van der Waals surface area contributed by atoms with Crippen molar-refractivity contribution in [2.45, 2.75) is 49.1 Å². The van der Waals surface area contributed by atoms with Gasteiger partial charge in [-0.3, -0.25) is 4.68 Å². The van der Waals surface area contributed by atoms with Crippen molar-refractivity contribution in [3.8, 4) is 0 Å². The number of hydrogen-bond acceptors (Lipinski definition) is 5. The van der Waals surface area contributed by atoms with Crippen LogP contribution in [0.2, 0.25) is 0 Å².